The largest absolute Gasteiger partial charge is 0.481 e. The second-order valence-corrected chi connectivity index (χ2v) is 9.54. The highest BCUT2D eigenvalue weighted by molar-refractivity contribution is 5.77. The first-order valence-corrected chi connectivity index (χ1v) is 13.3. The van der Waals surface area contributed by atoms with E-state index < -0.39 is 17.9 Å². The first-order chi connectivity index (χ1) is 15.7. The van der Waals surface area contributed by atoms with Crippen LogP contribution in [0.25, 0.3) is 0 Å². The lowest BCUT2D eigenvalue weighted by atomic mass is 9.97. The summed E-state index contributed by atoms with van der Waals surface area (Å²) in [5.74, 6) is -2.30. The SMILES string of the molecule is C1CCCCC1.CC(=O)OCCC(C)C.CCCCCCCCCCC(CC(=O)O)C(=O)O. The number of esters is 1. The lowest BCUT2D eigenvalue weighted by molar-refractivity contribution is -0.148. The summed E-state index contributed by atoms with van der Waals surface area (Å²) < 4.78 is 4.71. The molecule has 2 N–H and O–H groups in total. The summed E-state index contributed by atoms with van der Waals surface area (Å²) in [6.45, 7) is 8.38. The molecule has 0 aromatic carbocycles. The zero-order valence-electron chi connectivity index (χ0n) is 21.9. The van der Waals surface area contributed by atoms with E-state index in [1.54, 1.807) is 0 Å². The number of ether oxygens (including phenoxy) is 1. The van der Waals surface area contributed by atoms with Gasteiger partial charge in [-0.25, -0.2) is 0 Å². The fourth-order valence-corrected chi connectivity index (χ4v) is 3.55. The summed E-state index contributed by atoms with van der Waals surface area (Å²) in [6.07, 6.45) is 19.4. The van der Waals surface area contributed by atoms with Crippen molar-refractivity contribution in [3.8, 4) is 0 Å². The summed E-state index contributed by atoms with van der Waals surface area (Å²) in [6, 6.07) is 0. The quantitative estimate of drug-likeness (QED) is 0.188. The molecule has 0 aliphatic heterocycles. The van der Waals surface area contributed by atoms with Crippen molar-refractivity contribution in [2.75, 3.05) is 6.61 Å². The fraction of sp³-hybridized carbons (Fsp3) is 0.889. The van der Waals surface area contributed by atoms with E-state index in [0.717, 1.165) is 25.7 Å². The van der Waals surface area contributed by atoms with Crippen LogP contribution in [0, 0.1) is 11.8 Å². The van der Waals surface area contributed by atoms with Gasteiger partial charge in [-0.15, -0.1) is 0 Å². The number of hydrogen-bond donors (Lipinski definition) is 2. The molecule has 0 amide bonds. The van der Waals surface area contributed by atoms with E-state index >= 15 is 0 Å². The molecular formula is C27H52O6. The number of carboxylic acid groups (broad SMARTS) is 2. The van der Waals surface area contributed by atoms with Gasteiger partial charge in [0.05, 0.1) is 18.9 Å². The molecule has 0 spiro atoms. The number of carbonyl (C=O) groups is 3. The Morgan fingerprint density at radius 3 is 1.58 bits per heavy atom. The molecule has 0 aromatic heterocycles. The molecule has 1 atom stereocenters. The average molecular weight is 473 g/mol. The van der Waals surface area contributed by atoms with E-state index in [-0.39, 0.29) is 12.4 Å². The molecule has 6 heteroatoms. The Balaban J connectivity index is 0. The molecule has 1 saturated carbocycles. The number of hydrogen-bond acceptors (Lipinski definition) is 4. The lowest BCUT2D eigenvalue weighted by Crippen LogP contribution is -2.17. The van der Waals surface area contributed by atoms with Crippen LogP contribution in [-0.4, -0.2) is 34.7 Å². The van der Waals surface area contributed by atoms with Crippen LogP contribution in [0.15, 0.2) is 0 Å². The molecule has 0 bridgehead atoms. The maximum atomic E-state index is 10.8. The molecule has 33 heavy (non-hydrogen) atoms. The van der Waals surface area contributed by atoms with E-state index in [1.165, 1.54) is 77.6 Å². The van der Waals surface area contributed by atoms with Crippen LogP contribution < -0.4 is 0 Å². The smallest absolute Gasteiger partial charge is 0.307 e. The monoisotopic (exact) mass is 472 g/mol. The van der Waals surface area contributed by atoms with Crippen molar-refractivity contribution in [1.82, 2.24) is 0 Å². The van der Waals surface area contributed by atoms with Crippen LogP contribution in [0.4, 0.5) is 0 Å². The topological polar surface area (TPSA) is 101 Å². The van der Waals surface area contributed by atoms with Gasteiger partial charge in [-0.2, -0.15) is 0 Å². The van der Waals surface area contributed by atoms with Gasteiger partial charge in [-0.3, -0.25) is 14.4 Å². The first kappa shape index (κ1) is 33.6. The number of unbranched alkanes of at least 4 members (excludes halogenated alkanes) is 7. The van der Waals surface area contributed by atoms with Gasteiger partial charge in [0.15, 0.2) is 0 Å². The summed E-state index contributed by atoms with van der Waals surface area (Å²) in [4.78, 5) is 31.5. The normalized spacial score (nSPS) is 13.7. The maximum absolute atomic E-state index is 10.8. The molecule has 6 nitrogen and oxygen atoms in total. The molecule has 1 aliphatic carbocycles. The number of aliphatic carboxylic acids is 2. The third-order valence-electron chi connectivity index (χ3n) is 5.68. The van der Waals surface area contributed by atoms with Crippen LogP contribution in [0.5, 0.6) is 0 Å². The third-order valence-corrected chi connectivity index (χ3v) is 5.68. The summed E-state index contributed by atoms with van der Waals surface area (Å²) in [5, 5.41) is 17.5. The molecule has 0 saturated heterocycles. The van der Waals surface area contributed by atoms with Crippen LogP contribution in [0.1, 0.15) is 137 Å². The van der Waals surface area contributed by atoms with Gasteiger partial charge in [0.1, 0.15) is 0 Å². The number of carbonyl (C=O) groups excluding carboxylic acids is 1. The van der Waals surface area contributed by atoms with E-state index in [0.29, 0.717) is 18.9 Å². The number of carboxylic acids is 2. The van der Waals surface area contributed by atoms with Crippen molar-refractivity contribution >= 4 is 17.9 Å². The zero-order valence-corrected chi connectivity index (χ0v) is 21.9. The van der Waals surface area contributed by atoms with Crippen molar-refractivity contribution in [2.45, 2.75) is 137 Å². The van der Waals surface area contributed by atoms with E-state index in [2.05, 4.69) is 20.8 Å². The second kappa shape index (κ2) is 25.0. The van der Waals surface area contributed by atoms with Gasteiger partial charge in [-0.1, -0.05) is 111 Å². The third kappa shape index (κ3) is 30.4. The Hall–Kier alpha value is -1.59. The lowest BCUT2D eigenvalue weighted by Gasteiger charge is -2.09. The predicted octanol–water partition coefficient (Wildman–Crippen LogP) is 7.63. The van der Waals surface area contributed by atoms with Crippen molar-refractivity contribution in [1.29, 1.82) is 0 Å². The minimum Gasteiger partial charge on any atom is -0.481 e. The second-order valence-electron chi connectivity index (χ2n) is 9.54. The summed E-state index contributed by atoms with van der Waals surface area (Å²) in [5.41, 5.74) is 0. The van der Waals surface area contributed by atoms with E-state index in [9.17, 15) is 14.4 Å². The Morgan fingerprint density at radius 1 is 0.758 bits per heavy atom. The molecule has 1 aliphatic rings. The molecular weight excluding hydrogens is 420 g/mol. The van der Waals surface area contributed by atoms with Gasteiger partial charge in [0.2, 0.25) is 0 Å². The highest BCUT2D eigenvalue weighted by Gasteiger charge is 2.20. The van der Waals surface area contributed by atoms with E-state index in [4.69, 9.17) is 14.9 Å². The first-order valence-electron chi connectivity index (χ1n) is 13.3. The molecule has 0 radical (unpaired) electrons. The highest BCUT2D eigenvalue weighted by atomic mass is 16.5. The van der Waals surface area contributed by atoms with Gasteiger partial charge < -0.3 is 14.9 Å². The molecule has 1 unspecified atom stereocenters. The van der Waals surface area contributed by atoms with Gasteiger partial charge in [-0.05, 0) is 18.8 Å². The molecule has 1 fully saturated rings. The maximum Gasteiger partial charge on any atom is 0.307 e. The van der Waals surface area contributed by atoms with Crippen LogP contribution in [0.2, 0.25) is 0 Å². The Kier molecular flexibility index (Phi) is 25.5. The Bertz CT molecular complexity index is 460. The Morgan fingerprint density at radius 2 is 1.21 bits per heavy atom. The zero-order chi connectivity index (χ0) is 25.3. The number of rotatable bonds is 15. The van der Waals surface area contributed by atoms with Gasteiger partial charge in [0.25, 0.3) is 0 Å². The van der Waals surface area contributed by atoms with Crippen molar-refractivity contribution in [2.24, 2.45) is 11.8 Å². The fourth-order valence-electron chi connectivity index (χ4n) is 3.55. The summed E-state index contributed by atoms with van der Waals surface area (Å²) >= 11 is 0. The van der Waals surface area contributed by atoms with Crippen molar-refractivity contribution in [3.63, 3.8) is 0 Å². The summed E-state index contributed by atoms with van der Waals surface area (Å²) in [7, 11) is 0. The Labute approximate surface area is 202 Å². The van der Waals surface area contributed by atoms with Crippen LogP contribution in [-0.2, 0) is 19.1 Å². The average Bonchev–Trinajstić information content (AvgIpc) is 2.76. The predicted molar refractivity (Wildman–Crippen MR) is 134 cm³/mol. The van der Waals surface area contributed by atoms with Crippen molar-refractivity contribution in [3.05, 3.63) is 0 Å². The van der Waals surface area contributed by atoms with Crippen LogP contribution >= 0.6 is 0 Å². The standard InChI is InChI=1S/C14H26O4.C7H14O2.C6H12/c1-2-3-4-5-6-7-8-9-10-12(14(17)18)11-13(15)16;1-6(2)4-5-9-7(3)8;1-2-4-6-5-3-1/h12H,2-11H2,1H3,(H,15,16)(H,17,18);6H,4-5H2,1-3H3;1-6H2. The minimum absolute atomic E-state index is 0.185. The van der Waals surface area contributed by atoms with Gasteiger partial charge in [0, 0.05) is 6.92 Å². The highest BCUT2D eigenvalue weighted by Crippen LogP contribution is 2.16. The molecule has 0 aromatic rings. The van der Waals surface area contributed by atoms with Crippen molar-refractivity contribution < 1.29 is 29.3 Å². The molecule has 0 heterocycles. The van der Waals surface area contributed by atoms with Crippen LogP contribution in [0.3, 0.4) is 0 Å². The molecule has 196 valence electrons. The molecule has 1 rings (SSSR count). The minimum atomic E-state index is -1.03. The van der Waals surface area contributed by atoms with Gasteiger partial charge >= 0.3 is 17.9 Å². The van der Waals surface area contributed by atoms with E-state index in [1.807, 2.05) is 0 Å².